The lowest BCUT2D eigenvalue weighted by Crippen LogP contribution is -2.38. The van der Waals surface area contributed by atoms with Gasteiger partial charge in [-0.15, -0.1) is 0 Å². The second-order valence-electron chi connectivity index (χ2n) is 8.90. The fraction of sp³-hybridized carbons (Fsp3) is 0.714. The van der Waals surface area contributed by atoms with Crippen LogP contribution in [0.3, 0.4) is 0 Å². The summed E-state index contributed by atoms with van der Waals surface area (Å²) in [4.78, 5) is 7.10. The van der Waals surface area contributed by atoms with Gasteiger partial charge in [0.2, 0.25) is 0 Å². The van der Waals surface area contributed by atoms with Crippen molar-refractivity contribution < 1.29 is 4.74 Å². The van der Waals surface area contributed by atoms with Gasteiger partial charge in [-0.1, -0.05) is 0 Å². The van der Waals surface area contributed by atoms with E-state index in [-0.39, 0.29) is 0 Å². The highest BCUT2D eigenvalue weighted by atomic mass is 16.5. The van der Waals surface area contributed by atoms with E-state index < -0.39 is 0 Å². The van der Waals surface area contributed by atoms with Gasteiger partial charge >= 0.3 is 0 Å². The molecule has 0 bridgehead atoms. The molecule has 3 aliphatic rings. The third-order valence-electron chi connectivity index (χ3n) is 6.93. The first-order valence-electron chi connectivity index (χ1n) is 10.5. The smallest absolute Gasteiger partial charge is 0.105 e. The third-order valence-corrected chi connectivity index (χ3v) is 6.93. The minimum atomic E-state index is 0.330. The number of ether oxygens (including phenoxy) is 1. The van der Waals surface area contributed by atoms with Crippen molar-refractivity contribution in [2.24, 2.45) is 24.8 Å². The van der Waals surface area contributed by atoms with Crippen LogP contribution in [0.15, 0.2) is 24.7 Å². The highest BCUT2D eigenvalue weighted by Gasteiger charge is 2.44. The molecule has 5 rings (SSSR count). The van der Waals surface area contributed by atoms with Gasteiger partial charge in [-0.25, -0.2) is 4.98 Å². The summed E-state index contributed by atoms with van der Waals surface area (Å²) in [7, 11) is 2.04. The molecule has 1 saturated heterocycles. The summed E-state index contributed by atoms with van der Waals surface area (Å²) in [5.41, 5.74) is 1.30. The van der Waals surface area contributed by atoms with Crippen molar-refractivity contribution >= 4 is 0 Å². The molecular weight excluding hydrogens is 338 g/mol. The van der Waals surface area contributed by atoms with E-state index in [2.05, 4.69) is 38.7 Å². The van der Waals surface area contributed by atoms with E-state index in [1.54, 1.807) is 0 Å². The van der Waals surface area contributed by atoms with Crippen LogP contribution >= 0.6 is 0 Å². The molecule has 0 aromatic carbocycles. The van der Waals surface area contributed by atoms with Crippen LogP contribution in [0.25, 0.3) is 0 Å². The van der Waals surface area contributed by atoms with Crippen molar-refractivity contribution in [2.45, 2.75) is 51.3 Å². The Morgan fingerprint density at radius 3 is 2.63 bits per heavy atom. The Kier molecular flexibility index (Phi) is 4.56. The molecule has 0 amide bonds. The monoisotopic (exact) mass is 369 g/mol. The normalized spacial score (nSPS) is 31.3. The van der Waals surface area contributed by atoms with Crippen LogP contribution in [0.5, 0.6) is 0 Å². The van der Waals surface area contributed by atoms with E-state index in [0.29, 0.717) is 12.1 Å². The van der Waals surface area contributed by atoms with Crippen LogP contribution in [-0.2, 0) is 18.3 Å². The number of hydrogen-bond donors (Lipinski definition) is 0. The van der Waals surface area contributed by atoms with Gasteiger partial charge in [0, 0.05) is 51.9 Å². The standard InChI is InChI=1S/C21H31N5O/c1-15-22-7-8-26(15)20-9-17-11-25(13-19-5-6-23-24(19)2)12-18(17)10-21(20)27-14-16-3-4-16/h5-8,16-18,20-21H,3-4,9-14H2,1-2H3/t17-,18+,20-,21-/m0/s1. The minimum absolute atomic E-state index is 0.330. The first-order valence-corrected chi connectivity index (χ1v) is 10.5. The Hall–Kier alpha value is -1.66. The summed E-state index contributed by atoms with van der Waals surface area (Å²) in [5, 5.41) is 4.32. The molecule has 1 aliphatic heterocycles. The SMILES string of the molecule is Cc1nccn1[C@H]1C[C@H]2CN(Cc3ccnn3C)C[C@H]2C[C@@H]1OCC1CC1. The van der Waals surface area contributed by atoms with Crippen LogP contribution in [0.4, 0.5) is 0 Å². The number of imidazole rings is 1. The molecule has 2 saturated carbocycles. The summed E-state index contributed by atoms with van der Waals surface area (Å²) in [6, 6.07) is 2.57. The number of fused-ring (bicyclic) bond motifs is 1. The van der Waals surface area contributed by atoms with Gasteiger partial charge in [0.05, 0.1) is 17.8 Å². The largest absolute Gasteiger partial charge is 0.376 e. The highest BCUT2D eigenvalue weighted by molar-refractivity contribution is 5.04. The van der Waals surface area contributed by atoms with Crippen LogP contribution < -0.4 is 0 Å². The number of aryl methyl sites for hydroxylation is 2. The zero-order valence-electron chi connectivity index (χ0n) is 16.5. The van der Waals surface area contributed by atoms with Crippen molar-refractivity contribution in [3.05, 3.63) is 36.2 Å². The second kappa shape index (κ2) is 7.06. The van der Waals surface area contributed by atoms with Gasteiger partial charge in [0.15, 0.2) is 0 Å². The van der Waals surface area contributed by atoms with E-state index in [1.165, 1.54) is 44.5 Å². The first kappa shape index (κ1) is 17.4. The van der Waals surface area contributed by atoms with E-state index in [1.807, 2.05) is 24.1 Å². The Labute approximate surface area is 161 Å². The molecule has 6 nitrogen and oxygen atoms in total. The van der Waals surface area contributed by atoms with Crippen LogP contribution in [-0.4, -0.2) is 50.0 Å². The Balaban J connectivity index is 1.30. The Morgan fingerprint density at radius 2 is 1.96 bits per heavy atom. The predicted octanol–water partition coefficient (Wildman–Crippen LogP) is 2.80. The predicted molar refractivity (Wildman–Crippen MR) is 103 cm³/mol. The van der Waals surface area contributed by atoms with Crippen LogP contribution in [0.1, 0.15) is 43.2 Å². The molecule has 6 heteroatoms. The summed E-state index contributed by atoms with van der Waals surface area (Å²) in [6.45, 7) is 6.45. The molecule has 3 heterocycles. The van der Waals surface area contributed by atoms with Gasteiger partial charge < -0.3 is 9.30 Å². The average Bonchev–Trinajstić information content (AvgIpc) is 3.03. The van der Waals surface area contributed by atoms with Crippen LogP contribution in [0, 0.1) is 24.7 Å². The van der Waals surface area contributed by atoms with Crippen molar-refractivity contribution in [3.63, 3.8) is 0 Å². The minimum Gasteiger partial charge on any atom is -0.376 e. The van der Waals surface area contributed by atoms with Gasteiger partial charge in [0.25, 0.3) is 0 Å². The lowest BCUT2D eigenvalue weighted by molar-refractivity contribution is -0.0343. The molecule has 3 fully saturated rings. The fourth-order valence-corrected chi connectivity index (χ4v) is 5.16. The average molecular weight is 370 g/mol. The number of nitrogens with zero attached hydrogens (tertiary/aromatic N) is 5. The Bertz CT molecular complexity index is 779. The molecule has 146 valence electrons. The number of hydrogen-bond acceptors (Lipinski definition) is 4. The zero-order chi connectivity index (χ0) is 18.4. The molecule has 2 aliphatic carbocycles. The van der Waals surface area contributed by atoms with E-state index in [0.717, 1.165) is 36.7 Å². The van der Waals surface area contributed by atoms with E-state index in [9.17, 15) is 0 Å². The molecule has 2 aromatic rings. The molecule has 0 spiro atoms. The van der Waals surface area contributed by atoms with Gasteiger partial charge in [-0.05, 0) is 56.4 Å². The maximum absolute atomic E-state index is 6.49. The Morgan fingerprint density at radius 1 is 1.15 bits per heavy atom. The molecule has 2 aromatic heterocycles. The van der Waals surface area contributed by atoms with Gasteiger partial charge in [-0.3, -0.25) is 9.58 Å². The zero-order valence-corrected chi connectivity index (χ0v) is 16.5. The summed E-state index contributed by atoms with van der Waals surface area (Å²) in [5.74, 6) is 3.44. The topological polar surface area (TPSA) is 48.1 Å². The number of likely N-dealkylation sites (tertiary alicyclic amines) is 1. The summed E-state index contributed by atoms with van der Waals surface area (Å²) < 4.78 is 10.9. The van der Waals surface area contributed by atoms with Crippen LogP contribution in [0.2, 0.25) is 0 Å². The quantitative estimate of drug-likeness (QED) is 0.786. The molecule has 0 radical (unpaired) electrons. The van der Waals surface area contributed by atoms with Crippen molar-refractivity contribution in [2.75, 3.05) is 19.7 Å². The fourth-order valence-electron chi connectivity index (χ4n) is 5.16. The van der Waals surface area contributed by atoms with E-state index >= 15 is 0 Å². The molecular formula is C21H31N5O. The highest BCUT2D eigenvalue weighted by Crippen LogP contribution is 2.44. The molecule has 4 atom stereocenters. The van der Waals surface area contributed by atoms with Gasteiger partial charge in [-0.2, -0.15) is 5.10 Å². The maximum atomic E-state index is 6.49. The van der Waals surface area contributed by atoms with Crippen molar-refractivity contribution in [1.82, 2.24) is 24.2 Å². The van der Waals surface area contributed by atoms with Crippen molar-refractivity contribution in [1.29, 1.82) is 0 Å². The third kappa shape index (κ3) is 3.57. The molecule has 0 N–H and O–H groups in total. The summed E-state index contributed by atoms with van der Waals surface area (Å²) >= 11 is 0. The summed E-state index contributed by atoms with van der Waals surface area (Å²) in [6.07, 6.45) is 11.4. The number of rotatable bonds is 6. The second-order valence-corrected chi connectivity index (χ2v) is 8.90. The lowest BCUT2D eigenvalue weighted by atomic mass is 9.77. The molecule has 27 heavy (non-hydrogen) atoms. The lowest BCUT2D eigenvalue weighted by Gasteiger charge is -2.39. The van der Waals surface area contributed by atoms with Gasteiger partial charge in [0.1, 0.15) is 5.82 Å². The molecule has 0 unspecified atom stereocenters. The van der Waals surface area contributed by atoms with E-state index in [4.69, 9.17) is 4.74 Å². The maximum Gasteiger partial charge on any atom is 0.105 e. The van der Waals surface area contributed by atoms with Crippen molar-refractivity contribution in [3.8, 4) is 0 Å². The number of aromatic nitrogens is 4. The first-order chi connectivity index (χ1) is 13.2.